The molecule has 0 aliphatic heterocycles. The van der Waals surface area contributed by atoms with Gasteiger partial charge in [-0.15, -0.1) is 0 Å². The van der Waals surface area contributed by atoms with Gasteiger partial charge in [0.2, 0.25) is 0 Å². The summed E-state index contributed by atoms with van der Waals surface area (Å²) in [6, 6.07) is 0. The van der Waals surface area contributed by atoms with Crippen LogP contribution in [0, 0.1) is 5.41 Å². The molecule has 0 saturated heterocycles. The molecule has 14 heavy (non-hydrogen) atoms. The second-order valence-electron chi connectivity index (χ2n) is 5.74. The number of rotatable bonds is 5. The first-order valence-corrected chi connectivity index (χ1v) is 5.23. The smallest absolute Gasteiger partial charge is 0.135 e. The van der Waals surface area contributed by atoms with Gasteiger partial charge in [0.05, 0.1) is 5.60 Å². The standard InChI is InChI=1S/C12H24O2/c1-11(2,3)8-7-10(13)9-12(4,5)14-6/h7-9H2,1-6H3. The fraction of sp³-hybridized carbons (Fsp3) is 0.917. The van der Waals surface area contributed by atoms with Crippen LogP contribution in [-0.2, 0) is 9.53 Å². The van der Waals surface area contributed by atoms with E-state index in [1.807, 2.05) is 13.8 Å². The molecule has 0 aliphatic rings. The van der Waals surface area contributed by atoms with Crippen molar-refractivity contribution >= 4 is 5.78 Å². The van der Waals surface area contributed by atoms with Crippen molar-refractivity contribution in [2.45, 2.75) is 59.5 Å². The average Bonchev–Trinajstić information content (AvgIpc) is 1.99. The van der Waals surface area contributed by atoms with Gasteiger partial charge >= 0.3 is 0 Å². The molecule has 0 aromatic heterocycles. The van der Waals surface area contributed by atoms with E-state index in [-0.39, 0.29) is 11.0 Å². The monoisotopic (exact) mass is 200 g/mol. The van der Waals surface area contributed by atoms with Crippen LogP contribution in [0.15, 0.2) is 0 Å². The minimum Gasteiger partial charge on any atom is -0.378 e. The topological polar surface area (TPSA) is 26.3 Å². The lowest BCUT2D eigenvalue weighted by atomic mass is 9.88. The van der Waals surface area contributed by atoms with Crippen LogP contribution < -0.4 is 0 Å². The second kappa shape index (κ2) is 4.92. The summed E-state index contributed by atoms with van der Waals surface area (Å²) in [6.45, 7) is 10.4. The molecule has 0 fully saturated rings. The molecule has 0 aromatic rings. The van der Waals surface area contributed by atoms with Gasteiger partial charge in [0.25, 0.3) is 0 Å². The molecule has 0 heterocycles. The van der Waals surface area contributed by atoms with Gasteiger partial charge in [-0.1, -0.05) is 20.8 Å². The maximum Gasteiger partial charge on any atom is 0.135 e. The normalized spacial score (nSPS) is 13.0. The first-order chi connectivity index (χ1) is 6.16. The van der Waals surface area contributed by atoms with E-state index in [9.17, 15) is 4.79 Å². The largest absolute Gasteiger partial charge is 0.378 e. The molecule has 0 spiro atoms. The molecule has 0 radical (unpaired) electrons. The maximum absolute atomic E-state index is 11.6. The zero-order valence-electron chi connectivity index (χ0n) is 10.4. The van der Waals surface area contributed by atoms with Crippen LogP contribution in [0.1, 0.15) is 53.9 Å². The van der Waals surface area contributed by atoms with E-state index in [1.54, 1.807) is 7.11 Å². The summed E-state index contributed by atoms with van der Waals surface area (Å²) in [7, 11) is 1.65. The van der Waals surface area contributed by atoms with Crippen molar-refractivity contribution in [3.05, 3.63) is 0 Å². The molecule has 2 nitrogen and oxygen atoms in total. The van der Waals surface area contributed by atoms with Crippen LogP contribution in [0.3, 0.4) is 0 Å². The zero-order chi connectivity index (χ0) is 11.4. The molecule has 0 saturated carbocycles. The van der Waals surface area contributed by atoms with E-state index in [1.165, 1.54) is 0 Å². The zero-order valence-corrected chi connectivity index (χ0v) is 10.4. The molecule has 0 atom stereocenters. The predicted molar refractivity (Wildman–Crippen MR) is 59.4 cm³/mol. The molecular weight excluding hydrogens is 176 g/mol. The SMILES string of the molecule is COC(C)(C)CC(=O)CCC(C)(C)C. The van der Waals surface area contributed by atoms with E-state index in [4.69, 9.17) is 4.74 Å². The molecule has 0 rings (SSSR count). The van der Waals surface area contributed by atoms with Crippen molar-refractivity contribution in [1.29, 1.82) is 0 Å². The van der Waals surface area contributed by atoms with Crippen LogP contribution >= 0.6 is 0 Å². The number of ether oxygens (including phenoxy) is 1. The molecule has 0 aromatic carbocycles. The number of Topliss-reactive ketones (excluding diaryl/α,β-unsaturated/α-hetero) is 1. The molecule has 84 valence electrons. The number of ketones is 1. The molecule has 0 aliphatic carbocycles. The van der Waals surface area contributed by atoms with E-state index in [2.05, 4.69) is 20.8 Å². The Labute approximate surface area is 88.0 Å². The summed E-state index contributed by atoms with van der Waals surface area (Å²) in [4.78, 5) is 11.6. The maximum atomic E-state index is 11.6. The van der Waals surface area contributed by atoms with Gasteiger partial charge in [-0.2, -0.15) is 0 Å². The lowest BCUT2D eigenvalue weighted by Gasteiger charge is -2.23. The summed E-state index contributed by atoms with van der Waals surface area (Å²) in [5.41, 5.74) is -0.0676. The van der Waals surface area contributed by atoms with Crippen molar-refractivity contribution < 1.29 is 9.53 Å². The molecule has 2 heteroatoms. The molecule has 0 N–H and O–H groups in total. The summed E-state index contributed by atoms with van der Waals surface area (Å²) >= 11 is 0. The number of hydrogen-bond donors (Lipinski definition) is 0. The molecular formula is C12H24O2. The lowest BCUT2D eigenvalue weighted by Crippen LogP contribution is -2.26. The van der Waals surface area contributed by atoms with Gasteiger partial charge in [0.15, 0.2) is 0 Å². The third-order valence-corrected chi connectivity index (χ3v) is 2.33. The van der Waals surface area contributed by atoms with Gasteiger partial charge in [-0.25, -0.2) is 0 Å². The van der Waals surface area contributed by atoms with Gasteiger partial charge < -0.3 is 4.74 Å². The van der Waals surface area contributed by atoms with Crippen molar-refractivity contribution in [2.75, 3.05) is 7.11 Å². The minimum atomic E-state index is -0.311. The number of carbonyl (C=O) groups excluding carboxylic acids is 1. The molecule has 0 unspecified atom stereocenters. The Morgan fingerprint density at radius 3 is 2.00 bits per heavy atom. The molecule has 0 bridgehead atoms. The predicted octanol–water partition coefficient (Wildman–Crippen LogP) is 3.20. The van der Waals surface area contributed by atoms with Crippen molar-refractivity contribution in [1.82, 2.24) is 0 Å². The summed E-state index contributed by atoms with van der Waals surface area (Å²) in [5.74, 6) is 0.298. The van der Waals surface area contributed by atoms with Gasteiger partial charge in [-0.3, -0.25) is 4.79 Å². The van der Waals surface area contributed by atoms with Crippen molar-refractivity contribution in [2.24, 2.45) is 5.41 Å². The second-order valence-corrected chi connectivity index (χ2v) is 5.74. The van der Waals surface area contributed by atoms with Crippen LogP contribution in [0.4, 0.5) is 0 Å². The third-order valence-electron chi connectivity index (χ3n) is 2.33. The van der Waals surface area contributed by atoms with Crippen LogP contribution in [0.2, 0.25) is 0 Å². The Morgan fingerprint density at radius 2 is 1.64 bits per heavy atom. The highest BCUT2D eigenvalue weighted by molar-refractivity contribution is 5.79. The fourth-order valence-electron chi connectivity index (χ4n) is 1.15. The van der Waals surface area contributed by atoms with Crippen molar-refractivity contribution in [3.63, 3.8) is 0 Å². The van der Waals surface area contributed by atoms with Crippen LogP contribution in [0.25, 0.3) is 0 Å². The highest BCUT2D eigenvalue weighted by Crippen LogP contribution is 2.23. The Bertz CT molecular complexity index is 187. The van der Waals surface area contributed by atoms with E-state index >= 15 is 0 Å². The summed E-state index contributed by atoms with van der Waals surface area (Å²) in [6.07, 6.45) is 2.13. The van der Waals surface area contributed by atoms with E-state index < -0.39 is 0 Å². The summed E-state index contributed by atoms with van der Waals surface area (Å²) in [5, 5.41) is 0. The minimum absolute atomic E-state index is 0.243. The molecule has 0 amide bonds. The van der Waals surface area contributed by atoms with Crippen LogP contribution in [-0.4, -0.2) is 18.5 Å². The van der Waals surface area contributed by atoms with Gasteiger partial charge in [-0.05, 0) is 25.7 Å². The average molecular weight is 200 g/mol. The lowest BCUT2D eigenvalue weighted by molar-refractivity contribution is -0.124. The number of carbonyl (C=O) groups is 1. The Hall–Kier alpha value is -0.370. The highest BCUT2D eigenvalue weighted by Gasteiger charge is 2.22. The highest BCUT2D eigenvalue weighted by atomic mass is 16.5. The summed E-state index contributed by atoms with van der Waals surface area (Å²) < 4.78 is 5.22. The number of hydrogen-bond acceptors (Lipinski definition) is 2. The third kappa shape index (κ3) is 7.07. The first kappa shape index (κ1) is 13.6. The van der Waals surface area contributed by atoms with E-state index in [0.717, 1.165) is 6.42 Å². The number of methoxy groups -OCH3 is 1. The fourth-order valence-corrected chi connectivity index (χ4v) is 1.15. The van der Waals surface area contributed by atoms with Crippen molar-refractivity contribution in [3.8, 4) is 0 Å². The van der Waals surface area contributed by atoms with Crippen LogP contribution in [0.5, 0.6) is 0 Å². The Balaban J connectivity index is 3.89. The Kier molecular flexibility index (Phi) is 4.79. The van der Waals surface area contributed by atoms with E-state index in [0.29, 0.717) is 18.6 Å². The first-order valence-electron chi connectivity index (χ1n) is 5.23. The Morgan fingerprint density at radius 1 is 1.14 bits per heavy atom. The van der Waals surface area contributed by atoms with Gasteiger partial charge in [0, 0.05) is 20.0 Å². The van der Waals surface area contributed by atoms with Gasteiger partial charge in [0.1, 0.15) is 5.78 Å². The quantitative estimate of drug-likeness (QED) is 0.681.